The summed E-state index contributed by atoms with van der Waals surface area (Å²) in [5, 5.41) is 3.64. The van der Waals surface area contributed by atoms with E-state index in [1.54, 1.807) is 17.8 Å². The van der Waals surface area contributed by atoms with Crippen LogP contribution in [0.1, 0.15) is 21.8 Å². The summed E-state index contributed by atoms with van der Waals surface area (Å²) in [6, 6.07) is 9.67. The molecule has 1 aromatic carbocycles. The fourth-order valence-electron chi connectivity index (χ4n) is 1.43. The van der Waals surface area contributed by atoms with Crippen LogP contribution in [0.15, 0.2) is 39.8 Å². The normalized spacial score (nSPS) is 10.3. The van der Waals surface area contributed by atoms with Crippen molar-refractivity contribution in [2.24, 2.45) is 5.84 Å². The highest BCUT2D eigenvalue weighted by atomic mass is 32.2. The molecule has 1 aromatic heterocycles. The number of rotatable bonds is 4. The quantitative estimate of drug-likeness (QED) is 0.381. The number of hydrazine groups is 1. The number of nitrogens with one attached hydrogen (secondary N) is 1. The molecule has 1 amide bonds. The lowest BCUT2D eigenvalue weighted by Gasteiger charge is -2.02. The van der Waals surface area contributed by atoms with Gasteiger partial charge in [0.2, 0.25) is 0 Å². The summed E-state index contributed by atoms with van der Waals surface area (Å²) in [5.41, 5.74) is 3.41. The third kappa shape index (κ3) is 2.91. The SMILES string of the molecule is Cc1ccccc1SCc1cc(C(=O)NN)no1. The van der Waals surface area contributed by atoms with Gasteiger partial charge in [0.25, 0.3) is 5.91 Å². The van der Waals surface area contributed by atoms with E-state index in [9.17, 15) is 4.79 Å². The molecule has 0 bridgehead atoms. The van der Waals surface area contributed by atoms with Gasteiger partial charge in [-0.1, -0.05) is 23.4 Å². The van der Waals surface area contributed by atoms with Crippen molar-refractivity contribution in [3.8, 4) is 0 Å². The van der Waals surface area contributed by atoms with Crippen LogP contribution in [-0.4, -0.2) is 11.1 Å². The number of nitrogens with zero attached hydrogens (tertiary/aromatic N) is 1. The Morgan fingerprint density at radius 1 is 1.50 bits per heavy atom. The van der Waals surface area contributed by atoms with Crippen molar-refractivity contribution in [2.75, 3.05) is 0 Å². The van der Waals surface area contributed by atoms with Crippen molar-refractivity contribution >= 4 is 17.7 Å². The topological polar surface area (TPSA) is 81.2 Å². The summed E-state index contributed by atoms with van der Waals surface area (Å²) in [6.45, 7) is 2.05. The predicted molar refractivity (Wildman–Crippen MR) is 68.9 cm³/mol. The molecule has 2 rings (SSSR count). The third-order valence-corrected chi connectivity index (χ3v) is 3.58. The van der Waals surface area contributed by atoms with E-state index in [0.29, 0.717) is 11.5 Å². The smallest absolute Gasteiger partial charge is 0.287 e. The van der Waals surface area contributed by atoms with Gasteiger partial charge in [-0.05, 0) is 18.6 Å². The average molecular weight is 263 g/mol. The number of nitrogens with two attached hydrogens (primary N) is 1. The molecule has 5 nitrogen and oxygen atoms in total. The summed E-state index contributed by atoms with van der Waals surface area (Å²) in [7, 11) is 0. The van der Waals surface area contributed by atoms with Gasteiger partial charge in [0.1, 0.15) is 5.76 Å². The Labute approximate surface area is 109 Å². The van der Waals surface area contributed by atoms with Gasteiger partial charge in [-0.25, -0.2) is 5.84 Å². The Morgan fingerprint density at radius 3 is 3.00 bits per heavy atom. The third-order valence-electron chi connectivity index (χ3n) is 2.39. The molecule has 2 aromatic rings. The molecule has 94 valence electrons. The molecule has 0 aliphatic carbocycles. The lowest BCUT2D eigenvalue weighted by Crippen LogP contribution is -2.30. The second-order valence-electron chi connectivity index (χ2n) is 3.71. The molecular formula is C12H13N3O2S. The highest BCUT2D eigenvalue weighted by Crippen LogP contribution is 2.25. The van der Waals surface area contributed by atoms with Crippen LogP contribution < -0.4 is 11.3 Å². The molecule has 0 fully saturated rings. The summed E-state index contributed by atoms with van der Waals surface area (Å²) in [5.74, 6) is 5.82. The van der Waals surface area contributed by atoms with E-state index < -0.39 is 5.91 Å². The van der Waals surface area contributed by atoms with E-state index in [1.807, 2.05) is 23.6 Å². The second kappa shape index (κ2) is 5.70. The number of amides is 1. The zero-order chi connectivity index (χ0) is 13.0. The van der Waals surface area contributed by atoms with Crippen LogP contribution in [0.2, 0.25) is 0 Å². The summed E-state index contributed by atoms with van der Waals surface area (Å²) < 4.78 is 5.06. The first-order chi connectivity index (χ1) is 8.70. The average Bonchev–Trinajstić information content (AvgIpc) is 2.86. The molecule has 0 saturated heterocycles. The minimum atomic E-state index is -0.453. The van der Waals surface area contributed by atoms with E-state index >= 15 is 0 Å². The number of benzene rings is 1. The maximum Gasteiger partial charge on any atom is 0.287 e. The molecule has 1 heterocycles. The Balaban J connectivity index is 2.01. The first-order valence-corrected chi connectivity index (χ1v) is 6.34. The summed E-state index contributed by atoms with van der Waals surface area (Å²) in [6.07, 6.45) is 0. The van der Waals surface area contributed by atoms with E-state index in [4.69, 9.17) is 10.4 Å². The van der Waals surface area contributed by atoms with Gasteiger partial charge in [0.05, 0.1) is 5.75 Å². The van der Waals surface area contributed by atoms with Crippen LogP contribution in [-0.2, 0) is 5.75 Å². The van der Waals surface area contributed by atoms with E-state index in [0.717, 1.165) is 0 Å². The fourth-order valence-corrected chi connectivity index (χ4v) is 2.33. The number of carbonyl (C=O) groups excluding carboxylic acids is 1. The Bertz CT molecular complexity index is 554. The van der Waals surface area contributed by atoms with Crippen LogP contribution in [0.3, 0.4) is 0 Å². The van der Waals surface area contributed by atoms with Crippen molar-refractivity contribution in [1.29, 1.82) is 0 Å². The monoisotopic (exact) mass is 263 g/mol. The molecule has 0 spiro atoms. The van der Waals surface area contributed by atoms with Crippen molar-refractivity contribution in [1.82, 2.24) is 10.6 Å². The van der Waals surface area contributed by atoms with E-state index in [1.165, 1.54) is 10.5 Å². The Morgan fingerprint density at radius 2 is 2.28 bits per heavy atom. The molecule has 0 aliphatic heterocycles. The van der Waals surface area contributed by atoms with Crippen molar-refractivity contribution < 1.29 is 9.32 Å². The van der Waals surface area contributed by atoms with Crippen LogP contribution in [0.4, 0.5) is 0 Å². The van der Waals surface area contributed by atoms with Crippen LogP contribution in [0.25, 0.3) is 0 Å². The Kier molecular flexibility index (Phi) is 4.01. The number of thioether (sulfide) groups is 1. The maximum absolute atomic E-state index is 11.2. The van der Waals surface area contributed by atoms with Gasteiger partial charge in [-0.15, -0.1) is 11.8 Å². The lowest BCUT2D eigenvalue weighted by atomic mass is 10.2. The van der Waals surface area contributed by atoms with Crippen molar-refractivity contribution in [3.63, 3.8) is 0 Å². The molecule has 0 saturated carbocycles. The fraction of sp³-hybridized carbons (Fsp3) is 0.167. The standard InChI is InChI=1S/C12H13N3O2S/c1-8-4-2-3-5-11(8)18-7-9-6-10(15-17-9)12(16)14-13/h2-6H,7,13H2,1H3,(H,14,16). The molecule has 6 heteroatoms. The highest BCUT2D eigenvalue weighted by molar-refractivity contribution is 7.98. The van der Waals surface area contributed by atoms with Crippen LogP contribution in [0.5, 0.6) is 0 Å². The number of aryl methyl sites for hydroxylation is 1. The molecule has 0 atom stereocenters. The van der Waals surface area contributed by atoms with Gasteiger partial charge >= 0.3 is 0 Å². The minimum Gasteiger partial charge on any atom is -0.360 e. The predicted octanol–water partition coefficient (Wildman–Crippen LogP) is 1.88. The van der Waals surface area contributed by atoms with Gasteiger partial charge in [0.15, 0.2) is 5.69 Å². The summed E-state index contributed by atoms with van der Waals surface area (Å²) in [4.78, 5) is 12.4. The molecule has 18 heavy (non-hydrogen) atoms. The van der Waals surface area contributed by atoms with Crippen LogP contribution in [0, 0.1) is 6.92 Å². The van der Waals surface area contributed by atoms with E-state index in [2.05, 4.69) is 18.1 Å². The van der Waals surface area contributed by atoms with Crippen LogP contribution >= 0.6 is 11.8 Å². The molecule has 0 radical (unpaired) electrons. The Hall–Kier alpha value is -1.79. The first-order valence-electron chi connectivity index (χ1n) is 5.35. The van der Waals surface area contributed by atoms with Crippen molar-refractivity contribution in [2.45, 2.75) is 17.6 Å². The number of carbonyl (C=O) groups is 1. The first kappa shape index (κ1) is 12.7. The van der Waals surface area contributed by atoms with Gasteiger partial charge < -0.3 is 4.52 Å². The minimum absolute atomic E-state index is 0.192. The number of nitrogen functional groups attached to an aromatic ring is 1. The lowest BCUT2D eigenvalue weighted by molar-refractivity contribution is 0.0944. The van der Waals surface area contributed by atoms with Crippen molar-refractivity contribution in [3.05, 3.63) is 47.3 Å². The zero-order valence-electron chi connectivity index (χ0n) is 9.84. The van der Waals surface area contributed by atoms with Gasteiger partial charge in [-0.2, -0.15) is 0 Å². The van der Waals surface area contributed by atoms with Gasteiger partial charge in [-0.3, -0.25) is 10.2 Å². The molecule has 3 N–H and O–H groups in total. The van der Waals surface area contributed by atoms with E-state index in [-0.39, 0.29) is 5.69 Å². The van der Waals surface area contributed by atoms with Gasteiger partial charge in [0, 0.05) is 11.0 Å². The zero-order valence-corrected chi connectivity index (χ0v) is 10.7. The number of hydrogen-bond donors (Lipinski definition) is 2. The molecule has 0 unspecified atom stereocenters. The maximum atomic E-state index is 11.2. The molecular weight excluding hydrogens is 250 g/mol. The molecule has 0 aliphatic rings. The highest BCUT2D eigenvalue weighted by Gasteiger charge is 2.11. The summed E-state index contributed by atoms with van der Waals surface area (Å²) >= 11 is 1.64. The number of aromatic nitrogens is 1. The number of hydrogen-bond acceptors (Lipinski definition) is 5. The largest absolute Gasteiger partial charge is 0.360 e. The second-order valence-corrected chi connectivity index (χ2v) is 4.72.